The Bertz CT molecular complexity index is 222. The van der Waals surface area contributed by atoms with Gasteiger partial charge >= 0.3 is 0 Å². The third-order valence-electron chi connectivity index (χ3n) is 5.70. The van der Waals surface area contributed by atoms with Crippen molar-refractivity contribution in [3.8, 4) is 0 Å². The van der Waals surface area contributed by atoms with Crippen LogP contribution in [0.3, 0.4) is 0 Å². The highest BCUT2D eigenvalue weighted by Crippen LogP contribution is 2.15. The van der Waals surface area contributed by atoms with Crippen molar-refractivity contribution in [3.63, 3.8) is 0 Å². The Morgan fingerprint density at radius 3 is 1.28 bits per heavy atom. The maximum absolute atomic E-state index is 2.82. The molecule has 0 amide bonds. The van der Waals surface area contributed by atoms with E-state index in [9.17, 15) is 0 Å². The summed E-state index contributed by atoms with van der Waals surface area (Å²) in [7, 11) is 0. The van der Waals surface area contributed by atoms with Crippen molar-refractivity contribution in [2.24, 2.45) is 0 Å². The zero-order valence-electron chi connectivity index (χ0n) is 18.5. The molecule has 0 heterocycles. The Labute approximate surface area is 161 Å². The topological polar surface area (TPSA) is 3.24 Å². The molecule has 0 aromatic carbocycles. The van der Waals surface area contributed by atoms with E-state index in [1.165, 1.54) is 122 Å². The van der Waals surface area contributed by atoms with E-state index >= 15 is 0 Å². The fourth-order valence-corrected chi connectivity index (χ4v) is 3.79. The van der Waals surface area contributed by atoms with Crippen molar-refractivity contribution in [2.75, 3.05) is 13.1 Å². The van der Waals surface area contributed by atoms with Crippen molar-refractivity contribution < 1.29 is 0 Å². The van der Waals surface area contributed by atoms with Gasteiger partial charge in [-0.3, -0.25) is 0 Å². The van der Waals surface area contributed by atoms with Gasteiger partial charge in [0.2, 0.25) is 0 Å². The number of rotatable bonds is 20. The van der Waals surface area contributed by atoms with Gasteiger partial charge in [-0.2, -0.15) is 0 Å². The Morgan fingerprint density at radius 2 is 0.840 bits per heavy atom. The third-order valence-corrected chi connectivity index (χ3v) is 5.70. The molecule has 0 aromatic rings. The molecule has 152 valence electrons. The van der Waals surface area contributed by atoms with E-state index in [1.807, 2.05) is 0 Å². The molecule has 0 saturated heterocycles. The molecule has 0 aliphatic heterocycles. The molecule has 25 heavy (non-hydrogen) atoms. The van der Waals surface area contributed by atoms with Crippen molar-refractivity contribution in [2.45, 2.75) is 143 Å². The van der Waals surface area contributed by atoms with Crippen LogP contribution in [0.25, 0.3) is 0 Å². The van der Waals surface area contributed by atoms with Gasteiger partial charge in [0, 0.05) is 6.04 Å². The fourth-order valence-electron chi connectivity index (χ4n) is 3.79. The molecule has 0 N–H and O–H groups in total. The molecule has 1 unspecified atom stereocenters. The zero-order chi connectivity index (χ0) is 18.6. The SMILES string of the molecule is CCCCCCCCN(CCCCCCCC)C(C)CCCCCC. The van der Waals surface area contributed by atoms with Crippen molar-refractivity contribution in [1.29, 1.82) is 0 Å². The van der Waals surface area contributed by atoms with Gasteiger partial charge in [-0.25, -0.2) is 0 Å². The smallest absolute Gasteiger partial charge is 0.00669 e. The molecule has 0 rings (SSSR count). The van der Waals surface area contributed by atoms with Gasteiger partial charge in [-0.15, -0.1) is 0 Å². The van der Waals surface area contributed by atoms with Crippen LogP contribution in [0.15, 0.2) is 0 Å². The van der Waals surface area contributed by atoms with Gasteiger partial charge in [-0.05, 0) is 39.3 Å². The molecular formula is C24H51N. The predicted molar refractivity (Wildman–Crippen MR) is 117 cm³/mol. The van der Waals surface area contributed by atoms with Crippen LogP contribution in [0, 0.1) is 0 Å². The monoisotopic (exact) mass is 353 g/mol. The van der Waals surface area contributed by atoms with Crippen molar-refractivity contribution in [3.05, 3.63) is 0 Å². The van der Waals surface area contributed by atoms with E-state index in [2.05, 4.69) is 32.6 Å². The summed E-state index contributed by atoms with van der Waals surface area (Å²) in [5, 5.41) is 0. The van der Waals surface area contributed by atoms with Crippen LogP contribution in [0.4, 0.5) is 0 Å². The van der Waals surface area contributed by atoms with Crippen molar-refractivity contribution >= 4 is 0 Å². The largest absolute Gasteiger partial charge is 0.301 e. The lowest BCUT2D eigenvalue weighted by molar-refractivity contribution is 0.187. The molecule has 0 aliphatic carbocycles. The third kappa shape index (κ3) is 17.1. The first-order valence-electron chi connectivity index (χ1n) is 12.0. The second-order valence-electron chi connectivity index (χ2n) is 8.27. The van der Waals surface area contributed by atoms with Crippen LogP contribution in [-0.4, -0.2) is 24.0 Å². The Balaban J connectivity index is 3.98. The lowest BCUT2D eigenvalue weighted by Gasteiger charge is -2.29. The van der Waals surface area contributed by atoms with E-state index in [0.29, 0.717) is 0 Å². The molecule has 1 nitrogen and oxygen atoms in total. The van der Waals surface area contributed by atoms with E-state index in [1.54, 1.807) is 0 Å². The molecule has 0 spiro atoms. The van der Waals surface area contributed by atoms with E-state index in [-0.39, 0.29) is 0 Å². The molecule has 0 fully saturated rings. The summed E-state index contributed by atoms with van der Waals surface area (Å²) in [5.74, 6) is 0. The second kappa shape index (κ2) is 20.3. The van der Waals surface area contributed by atoms with Gasteiger partial charge in [0.15, 0.2) is 0 Å². The highest BCUT2D eigenvalue weighted by Gasteiger charge is 2.12. The predicted octanol–water partition coefficient (Wildman–Crippen LogP) is 8.37. The maximum Gasteiger partial charge on any atom is 0.00669 e. The molecule has 0 radical (unpaired) electrons. The van der Waals surface area contributed by atoms with E-state index in [0.717, 1.165) is 6.04 Å². The van der Waals surface area contributed by atoms with Gasteiger partial charge < -0.3 is 4.90 Å². The Hall–Kier alpha value is -0.0400. The van der Waals surface area contributed by atoms with Gasteiger partial charge in [0.1, 0.15) is 0 Å². The first kappa shape index (κ1) is 25.0. The maximum atomic E-state index is 2.82. The van der Waals surface area contributed by atoms with Crippen LogP contribution in [-0.2, 0) is 0 Å². The lowest BCUT2D eigenvalue weighted by atomic mass is 10.0. The zero-order valence-corrected chi connectivity index (χ0v) is 18.5. The molecule has 0 aromatic heterocycles. The average Bonchev–Trinajstić information content (AvgIpc) is 2.62. The van der Waals surface area contributed by atoms with Crippen LogP contribution >= 0.6 is 0 Å². The Kier molecular flexibility index (Phi) is 20.2. The lowest BCUT2D eigenvalue weighted by Crippen LogP contribution is -2.35. The van der Waals surface area contributed by atoms with Crippen LogP contribution in [0.2, 0.25) is 0 Å². The van der Waals surface area contributed by atoms with Gasteiger partial charge in [0.25, 0.3) is 0 Å². The first-order chi connectivity index (χ1) is 12.3. The molecule has 1 heteroatoms. The summed E-state index contributed by atoms with van der Waals surface area (Å²) in [4.78, 5) is 2.82. The van der Waals surface area contributed by atoms with Gasteiger partial charge in [-0.1, -0.05) is 111 Å². The van der Waals surface area contributed by atoms with Gasteiger partial charge in [0.05, 0.1) is 0 Å². The van der Waals surface area contributed by atoms with Crippen LogP contribution in [0.1, 0.15) is 137 Å². The first-order valence-corrected chi connectivity index (χ1v) is 12.0. The average molecular weight is 354 g/mol. The number of hydrogen-bond donors (Lipinski definition) is 0. The minimum Gasteiger partial charge on any atom is -0.301 e. The van der Waals surface area contributed by atoms with E-state index in [4.69, 9.17) is 0 Å². The number of hydrogen-bond acceptors (Lipinski definition) is 1. The summed E-state index contributed by atoms with van der Waals surface area (Å²) in [6.07, 6.45) is 24.1. The summed E-state index contributed by atoms with van der Waals surface area (Å²) in [6, 6.07) is 0.795. The van der Waals surface area contributed by atoms with Crippen LogP contribution < -0.4 is 0 Å². The Morgan fingerprint density at radius 1 is 0.480 bits per heavy atom. The minimum absolute atomic E-state index is 0.795. The standard InChI is InChI=1S/C24H51N/c1-5-8-11-14-16-19-22-25(23-20-17-15-12-9-6-2)24(4)21-18-13-10-7-3/h24H,5-23H2,1-4H3. The second-order valence-corrected chi connectivity index (χ2v) is 8.27. The quantitative estimate of drug-likeness (QED) is 0.199. The normalized spacial score (nSPS) is 12.8. The van der Waals surface area contributed by atoms with Crippen molar-refractivity contribution in [1.82, 2.24) is 4.90 Å². The highest BCUT2D eigenvalue weighted by atomic mass is 15.1. The summed E-state index contributed by atoms with van der Waals surface area (Å²) >= 11 is 0. The molecule has 0 saturated carbocycles. The molecule has 0 aliphatic rings. The highest BCUT2D eigenvalue weighted by molar-refractivity contribution is 4.68. The summed E-state index contributed by atoms with van der Waals surface area (Å²) < 4.78 is 0. The number of nitrogens with zero attached hydrogens (tertiary/aromatic N) is 1. The molecule has 0 bridgehead atoms. The molecule has 1 atom stereocenters. The number of unbranched alkanes of at least 4 members (excludes halogenated alkanes) is 13. The van der Waals surface area contributed by atoms with Crippen LogP contribution in [0.5, 0.6) is 0 Å². The van der Waals surface area contributed by atoms with E-state index < -0.39 is 0 Å². The fraction of sp³-hybridized carbons (Fsp3) is 1.00. The minimum atomic E-state index is 0.795. The molecular weight excluding hydrogens is 302 g/mol. The summed E-state index contributed by atoms with van der Waals surface area (Å²) in [5.41, 5.74) is 0. The summed E-state index contributed by atoms with van der Waals surface area (Å²) in [6.45, 7) is 12.1.